The van der Waals surface area contributed by atoms with Crippen molar-refractivity contribution in [1.29, 1.82) is 0 Å². The average molecular weight is 517 g/mol. The Kier molecular flexibility index (Phi) is 6.45. The SMILES string of the molecule is C[C@H](NC(=O)[C@H](C[C@]12CC[C@H](COC1)N2C)n1c(=O)[nH]c2ccc(F)cc2c1=O)c1ccc(F)cc1F. The molecule has 37 heavy (non-hydrogen) atoms. The van der Waals surface area contributed by atoms with Crippen molar-refractivity contribution in [2.75, 3.05) is 20.3 Å². The molecule has 5 rings (SSSR count). The summed E-state index contributed by atoms with van der Waals surface area (Å²) < 4.78 is 48.4. The van der Waals surface area contributed by atoms with E-state index in [1.165, 1.54) is 19.1 Å². The Labute approximate surface area is 210 Å². The van der Waals surface area contributed by atoms with Gasteiger partial charge in [-0.15, -0.1) is 0 Å². The van der Waals surface area contributed by atoms with Crippen molar-refractivity contribution >= 4 is 16.8 Å². The molecule has 4 atom stereocenters. The summed E-state index contributed by atoms with van der Waals surface area (Å²) in [6.45, 7) is 2.38. The summed E-state index contributed by atoms with van der Waals surface area (Å²) in [5.41, 5.74) is -2.06. The van der Waals surface area contributed by atoms with Crippen LogP contribution in [0.15, 0.2) is 46.0 Å². The molecule has 11 heteroatoms. The van der Waals surface area contributed by atoms with Crippen LogP contribution in [0.4, 0.5) is 13.2 Å². The molecule has 2 bridgehead atoms. The number of likely N-dealkylation sites (N-methyl/N-ethyl adjacent to an activating group) is 1. The van der Waals surface area contributed by atoms with Crippen LogP contribution < -0.4 is 16.6 Å². The number of ether oxygens (including phenoxy) is 1. The van der Waals surface area contributed by atoms with Crippen molar-refractivity contribution < 1.29 is 22.7 Å². The van der Waals surface area contributed by atoms with Crippen molar-refractivity contribution in [2.45, 2.75) is 49.9 Å². The number of H-pyrrole nitrogens is 1. The largest absolute Gasteiger partial charge is 0.378 e. The number of amides is 1. The van der Waals surface area contributed by atoms with E-state index in [1.54, 1.807) is 0 Å². The van der Waals surface area contributed by atoms with Crippen molar-refractivity contribution in [3.8, 4) is 0 Å². The monoisotopic (exact) mass is 516 g/mol. The van der Waals surface area contributed by atoms with Crippen molar-refractivity contribution in [1.82, 2.24) is 19.8 Å². The Morgan fingerprint density at radius 3 is 2.68 bits per heavy atom. The van der Waals surface area contributed by atoms with Crippen LogP contribution in [0.25, 0.3) is 10.9 Å². The van der Waals surface area contributed by atoms with Gasteiger partial charge in [-0.1, -0.05) is 6.07 Å². The second kappa shape index (κ2) is 9.46. The number of hydrogen-bond acceptors (Lipinski definition) is 5. The third-order valence-corrected chi connectivity index (χ3v) is 7.79. The van der Waals surface area contributed by atoms with Crippen molar-refractivity contribution in [3.05, 3.63) is 80.3 Å². The fourth-order valence-corrected chi connectivity index (χ4v) is 5.64. The lowest BCUT2D eigenvalue weighted by Crippen LogP contribution is -2.57. The van der Waals surface area contributed by atoms with Gasteiger partial charge in [0.1, 0.15) is 23.5 Å². The summed E-state index contributed by atoms with van der Waals surface area (Å²) in [6, 6.07) is 4.39. The average Bonchev–Trinajstić information content (AvgIpc) is 3.00. The van der Waals surface area contributed by atoms with Crippen LogP contribution in [0.5, 0.6) is 0 Å². The number of benzene rings is 2. The number of aromatic nitrogens is 2. The Bertz CT molecular complexity index is 1480. The number of carbonyl (C=O) groups excluding carboxylic acids is 1. The zero-order chi connectivity index (χ0) is 26.5. The Morgan fingerprint density at radius 2 is 1.92 bits per heavy atom. The fraction of sp³-hybridized carbons (Fsp3) is 0.423. The van der Waals surface area contributed by atoms with Gasteiger partial charge < -0.3 is 15.0 Å². The molecule has 8 nitrogen and oxygen atoms in total. The number of morpholine rings is 1. The first kappa shape index (κ1) is 25.2. The second-order valence-electron chi connectivity index (χ2n) is 9.95. The quantitative estimate of drug-likeness (QED) is 0.526. The zero-order valence-corrected chi connectivity index (χ0v) is 20.4. The van der Waals surface area contributed by atoms with Gasteiger partial charge in [-0.3, -0.25) is 14.5 Å². The number of rotatable bonds is 6. The molecule has 2 aliphatic heterocycles. The van der Waals surface area contributed by atoms with Gasteiger partial charge in [0.05, 0.1) is 30.2 Å². The van der Waals surface area contributed by atoms with E-state index in [0.29, 0.717) is 25.7 Å². The highest BCUT2D eigenvalue weighted by Gasteiger charge is 2.50. The number of fused-ring (bicyclic) bond motifs is 3. The maximum atomic E-state index is 14.4. The number of nitrogens with zero attached hydrogens (tertiary/aromatic N) is 2. The summed E-state index contributed by atoms with van der Waals surface area (Å²) >= 11 is 0. The maximum absolute atomic E-state index is 14.4. The molecule has 0 aliphatic carbocycles. The smallest absolute Gasteiger partial charge is 0.329 e. The molecule has 1 amide bonds. The normalized spacial score (nSPS) is 23.2. The molecule has 2 fully saturated rings. The lowest BCUT2D eigenvalue weighted by molar-refractivity contribution is -0.128. The lowest BCUT2D eigenvalue weighted by Gasteiger charge is -2.44. The zero-order valence-electron chi connectivity index (χ0n) is 20.4. The van der Waals surface area contributed by atoms with Gasteiger partial charge in [0, 0.05) is 23.2 Å². The lowest BCUT2D eigenvalue weighted by atomic mass is 9.88. The molecule has 2 N–H and O–H groups in total. The van der Waals surface area contributed by atoms with E-state index in [1.807, 2.05) is 7.05 Å². The first-order chi connectivity index (χ1) is 17.6. The highest BCUT2D eigenvalue weighted by molar-refractivity contribution is 5.82. The van der Waals surface area contributed by atoms with Gasteiger partial charge >= 0.3 is 5.69 Å². The van der Waals surface area contributed by atoms with Gasteiger partial charge in [0.15, 0.2) is 0 Å². The molecule has 0 saturated carbocycles. The molecule has 0 unspecified atom stereocenters. The second-order valence-corrected chi connectivity index (χ2v) is 9.95. The highest BCUT2D eigenvalue weighted by Crippen LogP contribution is 2.41. The summed E-state index contributed by atoms with van der Waals surface area (Å²) in [5.74, 6) is -2.95. The molecular weight excluding hydrogens is 489 g/mol. The predicted octanol–water partition coefficient (Wildman–Crippen LogP) is 2.78. The number of carbonyl (C=O) groups is 1. The van der Waals surface area contributed by atoms with Crippen LogP contribution in [0.1, 0.15) is 43.8 Å². The topological polar surface area (TPSA) is 96.4 Å². The van der Waals surface area contributed by atoms with Crippen molar-refractivity contribution in [3.63, 3.8) is 0 Å². The van der Waals surface area contributed by atoms with Crippen LogP contribution >= 0.6 is 0 Å². The highest BCUT2D eigenvalue weighted by atomic mass is 19.1. The maximum Gasteiger partial charge on any atom is 0.329 e. The first-order valence-electron chi connectivity index (χ1n) is 12.1. The number of aromatic amines is 1. The fourth-order valence-electron chi connectivity index (χ4n) is 5.64. The summed E-state index contributed by atoms with van der Waals surface area (Å²) in [6.07, 6.45) is 1.58. The summed E-state index contributed by atoms with van der Waals surface area (Å²) in [7, 11) is 1.93. The summed E-state index contributed by atoms with van der Waals surface area (Å²) in [5, 5.41) is 2.60. The van der Waals surface area contributed by atoms with E-state index in [0.717, 1.165) is 29.2 Å². The van der Waals surface area contributed by atoms with Crippen LogP contribution in [0.2, 0.25) is 0 Å². The van der Waals surface area contributed by atoms with E-state index < -0.39 is 52.2 Å². The predicted molar refractivity (Wildman–Crippen MR) is 130 cm³/mol. The minimum absolute atomic E-state index is 0.0487. The van der Waals surface area contributed by atoms with E-state index in [-0.39, 0.29) is 28.9 Å². The Balaban J connectivity index is 1.58. The van der Waals surface area contributed by atoms with Gasteiger partial charge in [0.2, 0.25) is 5.91 Å². The number of halogens is 3. The molecule has 3 aromatic rings. The van der Waals surface area contributed by atoms with E-state index in [4.69, 9.17) is 4.74 Å². The number of nitrogens with one attached hydrogen (secondary N) is 2. The van der Waals surface area contributed by atoms with Crippen LogP contribution in [-0.4, -0.2) is 52.2 Å². The molecule has 2 aromatic carbocycles. The van der Waals surface area contributed by atoms with E-state index in [2.05, 4.69) is 15.2 Å². The molecule has 2 saturated heterocycles. The molecular formula is C26H27F3N4O4. The summed E-state index contributed by atoms with van der Waals surface area (Å²) in [4.78, 5) is 45.0. The number of hydrogen-bond donors (Lipinski definition) is 2. The standard InChI is InChI=1S/C26H27F3N4O4/c1-14(18-5-3-16(28)10-20(18)29)30-23(34)22(11-26-8-7-17(32(26)2)12-37-13-26)33-24(35)19-9-15(27)4-6-21(19)31-25(33)36/h3-6,9-10,14,17,22H,7-8,11-13H2,1-2H3,(H,30,34)(H,31,36)/t14-,17+,22-,26+/m0/s1. The van der Waals surface area contributed by atoms with Gasteiger partial charge in [-0.25, -0.2) is 22.5 Å². The molecule has 1 aromatic heterocycles. The first-order valence-corrected chi connectivity index (χ1v) is 12.1. The molecule has 2 aliphatic rings. The molecule has 0 spiro atoms. The van der Waals surface area contributed by atoms with E-state index >= 15 is 0 Å². The minimum atomic E-state index is -1.31. The Morgan fingerprint density at radius 1 is 1.19 bits per heavy atom. The van der Waals surface area contributed by atoms with Crippen LogP contribution in [-0.2, 0) is 9.53 Å². The third kappa shape index (κ3) is 4.46. The minimum Gasteiger partial charge on any atom is -0.378 e. The van der Waals surface area contributed by atoms with Crippen LogP contribution in [0, 0.1) is 17.5 Å². The van der Waals surface area contributed by atoms with Crippen molar-refractivity contribution in [2.24, 2.45) is 0 Å². The van der Waals surface area contributed by atoms with Crippen LogP contribution in [0.3, 0.4) is 0 Å². The van der Waals surface area contributed by atoms with Gasteiger partial charge in [0.25, 0.3) is 5.56 Å². The van der Waals surface area contributed by atoms with Gasteiger partial charge in [-0.2, -0.15) is 0 Å². The molecule has 3 heterocycles. The third-order valence-electron chi connectivity index (χ3n) is 7.79. The van der Waals surface area contributed by atoms with E-state index in [9.17, 15) is 27.6 Å². The Hall–Kier alpha value is -3.44. The molecule has 196 valence electrons. The molecule has 0 radical (unpaired) electrons. The van der Waals surface area contributed by atoms with Gasteiger partial charge in [-0.05, 0) is 57.5 Å².